The molecule has 0 bridgehead atoms. The summed E-state index contributed by atoms with van der Waals surface area (Å²) in [7, 11) is 0. The zero-order valence-electron chi connectivity index (χ0n) is 10.8. The van der Waals surface area contributed by atoms with E-state index in [9.17, 15) is 8.78 Å². The fraction of sp³-hybridized carbons (Fsp3) is 0.0667. The van der Waals surface area contributed by atoms with Crippen LogP contribution in [-0.4, -0.2) is 9.97 Å². The van der Waals surface area contributed by atoms with Crippen molar-refractivity contribution in [1.82, 2.24) is 9.97 Å². The average molecular weight is 325 g/mol. The largest absolute Gasteiger partial charge is 0.226 e. The van der Waals surface area contributed by atoms with Crippen molar-refractivity contribution in [3.8, 4) is 11.4 Å². The van der Waals surface area contributed by atoms with Gasteiger partial charge in [-0.15, -0.1) is 0 Å². The number of benzene rings is 2. The van der Waals surface area contributed by atoms with Crippen LogP contribution in [0.2, 0.25) is 10.2 Å². The van der Waals surface area contributed by atoms with Crippen LogP contribution in [0.15, 0.2) is 30.3 Å². The van der Waals surface area contributed by atoms with Crippen molar-refractivity contribution in [1.29, 1.82) is 0 Å². The first-order valence-electron chi connectivity index (χ1n) is 6.05. The molecule has 0 N–H and O–H groups in total. The van der Waals surface area contributed by atoms with Crippen molar-refractivity contribution in [2.45, 2.75) is 6.92 Å². The number of aromatic nitrogens is 2. The summed E-state index contributed by atoms with van der Waals surface area (Å²) in [6.07, 6.45) is 0. The Labute approximate surface area is 129 Å². The van der Waals surface area contributed by atoms with Crippen molar-refractivity contribution < 1.29 is 8.78 Å². The highest BCUT2D eigenvalue weighted by molar-refractivity contribution is 6.38. The Bertz CT molecular complexity index is 866. The van der Waals surface area contributed by atoms with Gasteiger partial charge in [-0.1, -0.05) is 29.3 Å². The van der Waals surface area contributed by atoms with Crippen molar-refractivity contribution in [2.24, 2.45) is 0 Å². The molecule has 0 unspecified atom stereocenters. The van der Waals surface area contributed by atoms with Gasteiger partial charge in [-0.2, -0.15) is 0 Å². The van der Waals surface area contributed by atoms with Crippen molar-refractivity contribution in [3.05, 3.63) is 57.7 Å². The second-order valence-corrected chi connectivity index (χ2v) is 5.35. The molecule has 2 aromatic carbocycles. The van der Waals surface area contributed by atoms with Crippen molar-refractivity contribution >= 4 is 34.1 Å². The van der Waals surface area contributed by atoms with Gasteiger partial charge in [0.05, 0.1) is 16.1 Å². The highest BCUT2D eigenvalue weighted by Gasteiger charge is 2.16. The molecule has 6 heteroatoms. The molecule has 0 aliphatic carbocycles. The van der Waals surface area contributed by atoms with E-state index in [-0.39, 0.29) is 16.5 Å². The SMILES string of the molecule is Cc1cc(Cl)c2nc(-c3cccc(F)c3F)nc(Cl)c2c1. The molecule has 1 aromatic heterocycles. The van der Waals surface area contributed by atoms with Crippen LogP contribution in [0, 0.1) is 18.6 Å². The Morgan fingerprint density at radius 1 is 1.05 bits per heavy atom. The van der Waals surface area contributed by atoms with Gasteiger partial charge in [-0.05, 0) is 36.8 Å². The van der Waals surface area contributed by atoms with E-state index in [2.05, 4.69) is 9.97 Å². The Balaban J connectivity index is 2.33. The number of aryl methyl sites for hydroxylation is 1. The standard InChI is InChI=1S/C15H8Cl2F2N2/c1-7-5-9-13(10(16)6-7)20-15(21-14(9)17)8-3-2-4-11(18)12(8)19/h2-6H,1H3. The normalized spacial score (nSPS) is 11.1. The van der Waals surface area contributed by atoms with Crippen LogP contribution in [0.3, 0.4) is 0 Å². The van der Waals surface area contributed by atoms with Crippen molar-refractivity contribution in [2.75, 3.05) is 0 Å². The number of nitrogens with zero attached hydrogens (tertiary/aromatic N) is 2. The number of fused-ring (bicyclic) bond motifs is 1. The summed E-state index contributed by atoms with van der Waals surface area (Å²) in [6, 6.07) is 7.30. The van der Waals surface area contributed by atoms with E-state index in [1.54, 1.807) is 12.1 Å². The van der Waals surface area contributed by atoms with E-state index < -0.39 is 11.6 Å². The molecule has 3 rings (SSSR count). The van der Waals surface area contributed by atoms with Crippen LogP contribution in [0.1, 0.15) is 5.56 Å². The fourth-order valence-corrected chi connectivity index (χ4v) is 2.63. The maximum Gasteiger partial charge on any atom is 0.169 e. The molecule has 0 saturated carbocycles. The summed E-state index contributed by atoms with van der Waals surface area (Å²) in [6.45, 7) is 1.86. The molecule has 21 heavy (non-hydrogen) atoms. The third kappa shape index (κ3) is 2.45. The second-order valence-electron chi connectivity index (χ2n) is 4.58. The smallest absolute Gasteiger partial charge is 0.169 e. The summed E-state index contributed by atoms with van der Waals surface area (Å²) in [5.74, 6) is -1.99. The second kappa shape index (κ2) is 5.20. The molecular formula is C15H8Cl2F2N2. The Morgan fingerprint density at radius 3 is 2.57 bits per heavy atom. The van der Waals surface area contributed by atoms with Gasteiger partial charge in [0.1, 0.15) is 5.15 Å². The quantitative estimate of drug-likeness (QED) is 0.575. The van der Waals surface area contributed by atoms with Gasteiger partial charge in [0.15, 0.2) is 17.5 Å². The maximum absolute atomic E-state index is 13.9. The van der Waals surface area contributed by atoms with Crippen LogP contribution in [0.25, 0.3) is 22.3 Å². The van der Waals surface area contributed by atoms with Gasteiger partial charge < -0.3 is 0 Å². The Morgan fingerprint density at radius 2 is 1.81 bits per heavy atom. The van der Waals surface area contributed by atoms with Crippen LogP contribution >= 0.6 is 23.2 Å². The van der Waals surface area contributed by atoms with Gasteiger partial charge in [0.2, 0.25) is 0 Å². The van der Waals surface area contributed by atoms with E-state index >= 15 is 0 Å². The summed E-state index contributed by atoms with van der Waals surface area (Å²) < 4.78 is 27.2. The molecule has 0 saturated heterocycles. The van der Waals surface area contributed by atoms with E-state index in [1.165, 1.54) is 12.1 Å². The summed E-state index contributed by atoms with van der Waals surface area (Å²) in [4.78, 5) is 8.26. The minimum atomic E-state index is -1.02. The van der Waals surface area contributed by atoms with Crippen LogP contribution in [0.5, 0.6) is 0 Å². The van der Waals surface area contributed by atoms with Gasteiger partial charge in [0.25, 0.3) is 0 Å². The minimum Gasteiger partial charge on any atom is -0.226 e. The molecule has 0 fully saturated rings. The van der Waals surface area contributed by atoms with E-state index in [4.69, 9.17) is 23.2 Å². The molecule has 2 nitrogen and oxygen atoms in total. The van der Waals surface area contributed by atoms with Crippen LogP contribution in [-0.2, 0) is 0 Å². The molecule has 0 atom stereocenters. The molecule has 0 spiro atoms. The average Bonchev–Trinajstić information content (AvgIpc) is 2.43. The molecule has 0 radical (unpaired) electrons. The lowest BCUT2D eigenvalue weighted by molar-refractivity contribution is 0.510. The maximum atomic E-state index is 13.9. The lowest BCUT2D eigenvalue weighted by Gasteiger charge is -2.08. The molecule has 106 valence electrons. The van der Waals surface area contributed by atoms with Crippen molar-refractivity contribution in [3.63, 3.8) is 0 Å². The van der Waals surface area contributed by atoms with Crippen LogP contribution < -0.4 is 0 Å². The Hall–Kier alpha value is -1.78. The number of rotatable bonds is 1. The van der Waals surface area contributed by atoms with Gasteiger partial charge >= 0.3 is 0 Å². The highest BCUT2D eigenvalue weighted by Crippen LogP contribution is 2.31. The predicted octanol–water partition coefficient (Wildman–Crippen LogP) is 5.19. The number of hydrogen-bond donors (Lipinski definition) is 0. The Kier molecular flexibility index (Phi) is 3.51. The fourth-order valence-electron chi connectivity index (χ4n) is 2.09. The molecular weight excluding hydrogens is 317 g/mol. The molecule has 0 amide bonds. The zero-order chi connectivity index (χ0) is 15.1. The molecule has 1 heterocycles. The lowest BCUT2D eigenvalue weighted by atomic mass is 10.1. The van der Waals surface area contributed by atoms with Gasteiger partial charge in [-0.3, -0.25) is 0 Å². The molecule has 0 aliphatic heterocycles. The zero-order valence-corrected chi connectivity index (χ0v) is 12.3. The molecule has 0 aliphatic rings. The van der Waals surface area contributed by atoms with Gasteiger partial charge in [-0.25, -0.2) is 18.7 Å². The third-order valence-corrected chi connectivity index (χ3v) is 3.62. The first-order valence-corrected chi connectivity index (χ1v) is 6.81. The van der Waals surface area contributed by atoms with E-state index in [0.29, 0.717) is 15.9 Å². The predicted molar refractivity (Wildman–Crippen MR) is 79.6 cm³/mol. The summed E-state index contributed by atoms with van der Waals surface area (Å²) >= 11 is 12.3. The topological polar surface area (TPSA) is 25.8 Å². The first kappa shape index (κ1) is 14.2. The summed E-state index contributed by atoms with van der Waals surface area (Å²) in [5, 5.41) is 1.10. The summed E-state index contributed by atoms with van der Waals surface area (Å²) in [5.41, 5.74) is 1.25. The lowest BCUT2D eigenvalue weighted by Crippen LogP contribution is -1.97. The third-order valence-electron chi connectivity index (χ3n) is 3.04. The van der Waals surface area contributed by atoms with E-state index in [0.717, 1.165) is 11.6 Å². The van der Waals surface area contributed by atoms with E-state index in [1.807, 2.05) is 6.92 Å². The first-order chi connectivity index (χ1) is 9.97. The minimum absolute atomic E-state index is 0.00440. The molecule has 3 aromatic rings. The number of halogens is 4. The van der Waals surface area contributed by atoms with Crippen LogP contribution in [0.4, 0.5) is 8.78 Å². The monoisotopic (exact) mass is 324 g/mol. The number of hydrogen-bond acceptors (Lipinski definition) is 2. The highest BCUT2D eigenvalue weighted by atomic mass is 35.5. The van der Waals surface area contributed by atoms with Gasteiger partial charge in [0, 0.05) is 5.39 Å².